The molecule has 4 aliphatic heterocycles. The van der Waals surface area contributed by atoms with Gasteiger partial charge >= 0.3 is 0 Å². The third-order valence-electron chi connectivity index (χ3n) is 16.3. The number of rotatable bonds is 12. The quantitative estimate of drug-likeness (QED) is 0.104. The minimum absolute atomic E-state index is 0.140. The van der Waals surface area contributed by atoms with Crippen LogP contribution in [-0.4, -0.2) is 117 Å². The standard InChI is InChI=1S/C56H67N11O5/c1-6-50(69)60-44-28-37(59-51-53(72-5)58-31-45(61-51)40-17-20-57-52(43(40)34-68)66-26-25-65-48(55(66)71)27-36-29-56(3,4)30-49(36)65)15-16-47(44)64-24-23-63(32-35(64)2)38-18-21-62(22-19-38)46-14-10-13-41-42(46)33-67(54(41)70)39-11-8-7-9-12-39/h6,10,13-17,20,27-28,31,35,38-39,68H,1,7-9,11-12,18-19,21-26,29-30,32-34H2,2-5H3,(H,59,61)(H,60,69)/t35-/m0/s1. The average molecular weight is 974 g/mol. The van der Waals surface area contributed by atoms with Crippen LogP contribution < -0.4 is 30.1 Å². The van der Waals surface area contributed by atoms with Crippen LogP contribution in [0.5, 0.6) is 5.88 Å². The van der Waals surface area contributed by atoms with E-state index in [1.165, 1.54) is 55.0 Å². The molecular formula is C56H67N11O5. The number of fused-ring (bicyclic) bond motifs is 4. The third-order valence-corrected chi connectivity index (χ3v) is 16.3. The van der Waals surface area contributed by atoms with Gasteiger partial charge in [-0.1, -0.05) is 45.8 Å². The summed E-state index contributed by atoms with van der Waals surface area (Å²) in [5.41, 5.74) is 10.3. The highest BCUT2D eigenvalue weighted by Gasteiger charge is 2.39. The van der Waals surface area contributed by atoms with Crippen molar-refractivity contribution in [2.75, 3.05) is 71.7 Å². The SMILES string of the molecule is C=CC(=O)Nc1cc(Nc2nc(-c3ccnc(N4CCn5c(cc6c5CC(C)(C)C6)C4=O)c3CO)cnc2OC)ccc1N1CCN(C2CCN(c3cccc4c3CN(C3CCCCC3)C4=O)CC2)C[C@@H]1C. The molecule has 7 heterocycles. The Morgan fingerprint density at radius 2 is 1.71 bits per heavy atom. The number of ether oxygens (including phenoxy) is 1. The van der Waals surface area contributed by atoms with Gasteiger partial charge in [-0.05, 0) is 105 Å². The van der Waals surface area contributed by atoms with Crippen LogP contribution in [0.25, 0.3) is 11.3 Å². The van der Waals surface area contributed by atoms with Crippen LogP contribution >= 0.6 is 0 Å². The molecule has 2 saturated heterocycles. The highest BCUT2D eigenvalue weighted by Crippen LogP contribution is 2.42. The predicted molar refractivity (Wildman–Crippen MR) is 280 cm³/mol. The van der Waals surface area contributed by atoms with Crippen molar-refractivity contribution in [1.29, 1.82) is 0 Å². The Balaban J connectivity index is 0.777. The fourth-order valence-corrected chi connectivity index (χ4v) is 12.7. The highest BCUT2D eigenvalue weighted by atomic mass is 16.5. The fourth-order valence-electron chi connectivity index (χ4n) is 12.7. The zero-order valence-corrected chi connectivity index (χ0v) is 42.1. The van der Waals surface area contributed by atoms with E-state index in [1.807, 2.05) is 30.3 Å². The number of carbonyl (C=O) groups excluding carboxylic acids is 3. The van der Waals surface area contributed by atoms with Crippen molar-refractivity contribution in [3.05, 3.63) is 107 Å². The first-order valence-electron chi connectivity index (χ1n) is 26.0. The summed E-state index contributed by atoms with van der Waals surface area (Å²) in [6, 6.07) is 17.0. The molecule has 1 atom stereocenters. The molecule has 2 aliphatic carbocycles. The number of carbonyl (C=O) groups is 3. The molecule has 0 radical (unpaired) electrons. The van der Waals surface area contributed by atoms with E-state index in [0.29, 0.717) is 70.7 Å². The number of aromatic nitrogens is 4. The molecule has 16 nitrogen and oxygen atoms in total. The second-order valence-electron chi connectivity index (χ2n) is 21.4. The highest BCUT2D eigenvalue weighted by molar-refractivity contribution is 6.06. The van der Waals surface area contributed by atoms with E-state index in [4.69, 9.17) is 9.72 Å². The molecule has 0 unspecified atom stereocenters. The van der Waals surface area contributed by atoms with Crippen molar-refractivity contribution in [3.63, 3.8) is 0 Å². The minimum atomic E-state index is -0.372. The molecule has 1 saturated carbocycles. The number of benzene rings is 2. The summed E-state index contributed by atoms with van der Waals surface area (Å²) in [5, 5.41) is 17.3. The predicted octanol–water partition coefficient (Wildman–Crippen LogP) is 7.96. The number of methoxy groups -OCH3 is 1. The Morgan fingerprint density at radius 3 is 2.47 bits per heavy atom. The van der Waals surface area contributed by atoms with Crippen LogP contribution in [0.2, 0.25) is 0 Å². The summed E-state index contributed by atoms with van der Waals surface area (Å²) in [6.45, 7) is 16.4. The van der Waals surface area contributed by atoms with Crippen LogP contribution in [0.15, 0.2) is 73.6 Å². The molecule has 16 heteroatoms. The largest absolute Gasteiger partial charge is 0.478 e. The molecular weight excluding hydrogens is 907 g/mol. The Kier molecular flexibility index (Phi) is 12.8. The van der Waals surface area contributed by atoms with E-state index >= 15 is 0 Å². The maximum absolute atomic E-state index is 14.1. The number of amides is 3. The molecule has 3 fully saturated rings. The van der Waals surface area contributed by atoms with E-state index in [1.54, 1.807) is 23.4 Å². The van der Waals surface area contributed by atoms with Gasteiger partial charge in [-0.2, -0.15) is 0 Å². The molecule has 376 valence electrons. The average Bonchev–Trinajstić information content (AvgIpc) is 4.03. The monoisotopic (exact) mass is 974 g/mol. The molecule has 0 bridgehead atoms. The number of anilines is 6. The number of piperidine rings is 1. The van der Waals surface area contributed by atoms with Gasteiger partial charge in [0.25, 0.3) is 17.7 Å². The molecule has 2 aromatic carbocycles. The van der Waals surface area contributed by atoms with Gasteiger partial charge in [0, 0.05) is 116 Å². The van der Waals surface area contributed by atoms with Crippen LogP contribution in [0.4, 0.5) is 34.4 Å². The number of nitrogens with zero attached hydrogens (tertiary/aromatic N) is 9. The molecule has 6 aliphatic rings. The van der Waals surface area contributed by atoms with Crippen LogP contribution in [0, 0.1) is 5.41 Å². The first kappa shape index (κ1) is 47.5. The number of piperazine rings is 1. The van der Waals surface area contributed by atoms with E-state index in [2.05, 4.69) is 84.3 Å². The van der Waals surface area contributed by atoms with Gasteiger partial charge in [-0.3, -0.25) is 24.2 Å². The molecule has 0 spiro atoms. The number of pyridine rings is 1. The van der Waals surface area contributed by atoms with Crippen molar-refractivity contribution in [1.82, 2.24) is 29.3 Å². The maximum atomic E-state index is 14.1. The lowest BCUT2D eigenvalue weighted by molar-refractivity contribution is -0.111. The smallest absolute Gasteiger partial charge is 0.276 e. The van der Waals surface area contributed by atoms with Crippen molar-refractivity contribution in [2.24, 2.45) is 5.41 Å². The van der Waals surface area contributed by atoms with E-state index < -0.39 is 0 Å². The summed E-state index contributed by atoms with van der Waals surface area (Å²) in [7, 11) is 1.53. The second-order valence-corrected chi connectivity index (χ2v) is 21.4. The zero-order chi connectivity index (χ0) is 49.8. The Labute approximate surface area is 422 Å². The number of aliphatic hydroxyl groups is 1. The van der Waals surface area contributed by atoms with E-state index in [-0.39, 0.29) is 41.7 Å². The molecule has 5 aromatic rings. The van der Waals surface area contributed by atoms with Gasteiger partial charge in [0.1, 0.15) is 11.5 Å². The van der Waals surface area contributed by atoms with Crippen molar-refractivity contribution in [3.8, 4) is 17.1 Å². The normalized spacial score (nSPS) is 20.4. The summed E-state index contributed by atoms with van der Waals surface area (Å²) >= 11 is 0. The Bertz CT molecular complexity index is 2940. The number of aliphatic hydroxyl groups excluding tert-OH is 1. The van der Waals surface area contributed by atoms with Gasteiger partial charge in [0.2, 0.25) is 5.91 Å². The second kappa shape index (κ2) is 19.3. The van der Waals surface area contributed by atoms with E-state index in [9.17, 15) is 19.5 Å². The van der Waals surface area contributed by atoms with Gasteiger partial charge in [-0.25, -0.2) is 15.0 Å². The molecule has 3 amide bonds. The summed E-state index contributed by atoms with van der Waals surface area (Å²) in [4.78, 5) is 66.2. The maximum Gasteiger partial charge on any atom is 0.276 e. The summed E-state index contributed by atoms with van der Waals surface area (Å²) in [5.74, 6) is 0.727. The summed E-state index contributed by atoms with van der Waals surface area (Å²) in [6.07, 6.45) is 14.4. The van der Waals surface area contributed by atoms with Gasteiger partial charge in [-0.15, -0.1) is 0 Å². The molecule has 3 N–H and O–H groups in total. The van der Waals surface area contributed by atoms with Crippen LogP contribution in [-0.2, 0) is 37.3 Å². The van der Waals surface area contributed by atoms with Crippen molar-refractivity contribution >= 4 is 52.1 Å². The van der Waals surface area contributed by atoms with Crippen molar-refractivity contribution < 1.29 is 24.2 Å². The molecule has 3 aromatic heterocycles. The van der Waals surface area contributed by atoms with Gasteiger partial charge in [0.05, 0.1) is 37.0 Å². The first-order chi connectivity index (χ1) is 34.9. The van der Waals surface area contributed by atoms with Gasteiger partial charge < -0.3 is 39.7 Å². The van der Waals surface area contributed by atoms with Gasteiger partial charge in [0.15, 0.2) is 5.82 Å². The Hall–Kier alpha value is -6.78. The zero-order valence-electron chi connectivity index (χ0n) is 42.1. The Morgan fingerprint density at radius 1 is 0.889 bits per heavy atom. The lowest BCUT2D eigenvalue weighted by Gasteiger charge is -2.47. The van der Waals surface area contributed by atoms with Crippen LogP contribution in [0.3, 0.4) is 0 Å². The van der Waals surface area contributed by atoms with Crippen molar-refractivity contribution in [2.45, 2.75) is 116 Å². The number of hydrogen-bond donors (Lipinski definition) is 3. The fraction of sp³-hybridized carbons (Fsp3) is 0.464. The van der Waals surface area contributed by atoms with Crippen LogP contribution in [0.1, 0.15) is 109 Å². The summed E-state index contributed by atoms with van der Waals surface area (Å²) < 4.78 is 7.85. The minimum Gasteiger partial charge on any atom is -0.478 e. The lowest BCUT2D eigenvalue weighted by atomic mass is 9.90. The molecule has 11 rings (SSSR count). The lowest BCUT2D eigenvalue weighted by Crippen LogP contribution is -2.57. The third kappa shape index (κ3) is 8.75. The number of nitrogens with one attached hydrogen (secondary N) is 2. The molecule has 72 heavy (non-hydrogen) atoms. The number of hydrogen-bond acceptors (Lipinski definition) is 12. The topological polar surface area (TPSA) is 165 Å². The van der Waals surface area contributed by atoms with E-state index in [0.717, 1.165) is 89.0 Å². The first-order valence-corrected chi connectivity index (χ1v) is 26.0.